The van der Waals surface area contributed by atoms with Gasteiger partial charge < -0.3 is 11.1 Å². The van der Waals surface area contributed by atoms with Crippen LogP contribution in [-0.4, -0.2) is 36.8 Å². The number of hydrogen-bond donors (Lipinski definition) is 2. The van der Waals surface area contributed by atoms with E-state index in [9.17, 15) is 0 Å². The van der Waals surface area contributed by atoms with Crippen LogP contribution in [0.1, 0.15) is 32.0 Å². The molecule has 0 amide bonds. The van der Waals surface area contributed by atoms with Gasteiger partial charge in [-0.1, -0.05) is 32.9 Å². The molecule has 3 aromatic heterocycles. The maximum absolute atomic E-state index is 6.14. The molecule has 0 atom stereocenters. The Kier molecular flexibility index (Phi) is 4.97. The number of nitrogens with zero attached hydrogens (tertiary/aromatic N) is 6. The van der Waals surface area contributed by atoms with Gasteiger partial charge >= 0.3 is 0 Å². The Bertz CT molecular complexity index is 1560. The molecule has 0 aliphatic rings. The largest absolute Gasteiger partial charge is 0.383 e. The van der Waals surface area contributed by atoms with E-state index in [0.29, 0.717) is 11.8 Å². The average molecular weight is 453 g/mol. The second-order valence-corrected chi connectivity index (χ2v) is 9.58. The van der Waals surface area contributed by atoms with Crippen molar-refractivity contribution in [2.24, 2.45) is 7.05 Å². The summed E-state index contributed by atoms with van der Waals surface area (Å²) in [6.07, 6.45) is 1.51. The summed E-state index contributed by atoms with van der Waals surface area (Å²) in [5.74, 6) is 1.04. The van der Waals surface area contributed by atoms with Crippen LogP contribution in [0.4, 0.5) is 11.8 Å². The molecule has 0 aliphatic carbocycles. The van der Waals surface area contributed by atoms with Gasteiger partial charge in [0.25, 0.3) is 0 Å². The van der Waals surface area contributed by atoms with Crippen molar-refractivity contribution in [3.63, 3.8) is 0 Å². The molecule has 0 bridgehead atoms. The summed E-state index contributed by atoms with van der Waals surface area (Å²) in [7, 11) is 3.78. The lowest BCUT2D eigenvalue weighted by Gasteiger charge is -2.14. The fraction of sp³-hybridized carbons (Fsp3) is 0.269. The second kappa shape index (κ2) is 7.76. The monoisotopic (exact) mass is 452 g/mol. The van der Waals surface area contributed by atoms with Crippen LogP contribution in [0.3, 0.4) is 0 Å². The molecule has 0 aliphatic heterocycles. The third-order valence-corrected chi connectivity index (χ3v) is 6.14. The van der Waals surface area contributed by atoms with Gasteiger partial charge in [0.1, 0.15) is 17.8 Å². The SMILES string of the molecule is CNc1nc(-c2cc(C(C)(C)C)nn2C)c2cc(-c3c(C)ccc4c(N)ncnc34)ccc2n1. The van der Waals surface area contributed by atoms with Crippen molar-refractivity contribution in [1.82, 2.24) is 29.7 Å². The molecular weight excluding hydrogens is 424 g/mol. The lowest BCUT2D eigenvalue weighted by atomic mass is 9.92. The van der Waals surface area contributed by atoms with Gasteiger partial charge in [-0.25, -0.2) is 19.9 Å². The summed E-state index contributed by atoms with van der Waals surface area (Å²) < 4.78 is 1.89. The Morgan fingerprint density at radius 2 is 1.76 bits per heavy atom. The number of nitrogen functional groups attached to an aromatic ring is 1. The fourth-order valence-corrected chi connectivity index (χ4v) is 4.26. The zero-order valence-electron chi connectivity index (χ0n) is 20.3. The van der Waals surface area contributed by atoms with Gasteiger partial charge in [-0.3, -0.25) is 4.68 Å². The van der Waals surface area contributed by atoms with Crippen LogP contribution < -0.4 is 11.1 Å². The first-order valence-electron chi connectivity index (χ1n) is 11.2. The number of nitrogens with one attached hydrogen (secondary N) is 1. The van der Waals surface area contributed by atoms with E-state index >= 15 is 0 Å². The van der Waals surface area contributed by atoms with E-state index in [1.165, 1.54) is 6.33 Å². The Labute approximate surface area is 198 Å². The third kappa shape index (κ3) is 3.51. The second-order valence-electron chi connectivity index (χ2n) is 9.58. The molecule has 3 heterocycles. The highest BCUT2D eigenvalue weighted by molar-refractivity contribution is 6.02. The average Bonchev–Trinajstić information content (AvgIpc) is 3.20. The lowest BCUT2D eigenvalue weighted by molar-refractivity contribution is 0.553. The minimum absolute atomic E-state index is 0.0739. The molecule has 2 aromatic carbocycles. The fourth-order valence-electron chi connectivity index (χ4n) is 4.26. The van der Waals surface area contributed by atoms with Crippen LogP contribution in [0.5, 0.6) is 0 Å². The van der Waals surface area contributed by atoms with Crippen molar-refractivity contribution in [2.45, 2.75) is 33.1 Å². The Morgan fingerprint density at radius 1 is 0.971 bits per heavy atom. The molecule has 5 aromatic rings. The number of aryl methyl sites for hydroxylation is 2. The van der Waals surface area contributed by atoms with Gasteiger partial charge in [-0.05, 0) is 42.3 Å². The number of fused-ring (bicyclic) bond motifs is 2. The molecule has 172 valence electrons. The highest BCUT2D eigenvalue weighted by Crippen LogP contribution is 2.36. The first-order valence-corrected chi connectivity index (χ1v) is 11.2. The third-order valence-electron chi connectivity index (χ3n) is 6.14. The quantitative estimate of drug-likeness (QED) is 0.402. The van der Waals surface area contributed by atoms with Crippen molar-refractivity contribution in [3.8, 4) is 22.5 Å². The first-order chi connectivity index (χ1) is 16.2. The highest BCUT2D eigenvalue weighted by Gasteiger charge is 2.22. The number of anilines is 2. The molecule has 0 saturated carbocycles. The summed E-state index contributed by atoms with van der Waals surface area (Å²) in [5.41, 5.74) is 13.7. The predicted molar refractivity (Wildman–Crippen MR) is 138 cm³/mol. The molecular formula is C26H28N8. The number of nitrogens with two attached hydrogens (primary N) is 1. The first kappa shape index (κ1) is 21.8. The van der Waals surface area contributed by atoms with E-state index in [1.807, 2.05) is 30.9 Å². The number of benzene rings is 2. The molecule has 8 heteroatoms. The number of hydrogen-bond acceptors (Lipinski definition) is 7. The van der Waals surface area contributed by atoms with Crippen molar-refractivity contribution < 1.29 is 0 Å². The number of rotatable bonds is 3. The molecule has 0 fully saturated rings. The molecule has 5 rings (SSSR count). The van der Waals surface area contributed by atoms with Crippen LogP contribution >= 0.6 is 0 Å². The molecule has 0 unspecified atom stereocenters. The van der Waals surface area contributed by atoms with E-state index in [-0.39, 0.29) is 5.41 Å². The van der Waals surface area contributed by atoms with E-state index < -0.39 is 0 Å². The van der Waals surface area contributed by atoms with E-state index in [0.717, 1.165) is 55.6 Å². The van der Waals surface area contributed by atoms with E-state index in [1.54, 1.807) is 0 Å². The Morgan fingerprint density at radius 3 is 2.47 bits per heavy atom. The maximum Gasteiger partial charge on any atom is 0.223 e. The van der Waals surface area contributed by atoms with Crippen LogP contribution in [0, 0.1) is 6.92 Å². The zero-order valence-corrected chi connectivity index (χ0v) is 20.3. The van der Waals surface area contributed by atoms with E-state index in [4.69, 9.17) is 20.8 Å². The molecule has 0 saturated heterocycles. The maximum atomic E-state index is 6.14. The molecule has 34 heavy (non-hydrogen) atoms. The summed E-state index contributed by atoms with van der Waals surface area (Å²) in [5, 5.41) is 9.64. The summed E-state index contributed by atoms with van der Waals surface area (Å²) in [6.45, 7) is 8.55. The van der Waals surface area contributed by atoms with Gasteiger partial charge in [-0.15, -0.1) is 0 Å². The summed E-state index contributed by atoms with van der Waals surface area (Å²) >= 11 is 0. The zero-order chi connectivity index (χ0) is 24.2. The van der Waals surface area contributed by atoms with Crippen molar-refractivity contribution >= 4 is 33.6 Å². The van der Waals surface area contributed by atoms with Gasteiger partial charge in [0, 0.05) is 35.8 Å². The molecule has 8 nitrogen and oxygen atoms in total. The molecule has 0 radical (unpaired) electrons. The standard InChI is InChI=1S/C26H28N8/c1-14-7-9-16-23(29-13-30-24(16)27)21(14)15-8-10-18-17(11-15)22(32-25(28-5)31-18)19-12-20(26(2,3)4)33-34(19)6/h7-13H,1-6H3,(H2,27,29,30)(H,28,31,32). The Balaban J connectivity index is 1.81. The van der Waals surface area contributed by atoms with Crippen molar-refractivity contribution in [1.29, 1.82) is 0 Å². The normalized spacial score (nSPS) is 11.9. The van der Waals surface area contributed by atoms with Gasteiger partial charge in [0.15, 0.2) is 0 Å². The van der Waals surface area contributed by atoms with Crippen LogP contribution in [-0.2, 0) is 12.5 Å². The summed E-state index contributed by atoms with van der Waals surface area (Å²) in [4.78, 5) is 18.3. The predicted octanol–water partition coefficient (Wildman–Crippen LogP) is 4.87. The minimum Gasteiger partial charge on any atom is -0.383 e. The van der Waals surface area contributed by atoms with Crippen LogP contribution in [0.15, 0.2) is 42.7 Å². The molecule has 3 N–H and O–H groups in total. The van der Waals surface area contributed by atoms with Gasteiger partial charge in [0.05, 0.1) is 22.4 Å². The lowest BCUT2D eigenvalue weighted by Crippen LogP contribution is -2.12. The smallest absolute Gasteiger partial charge is 0.223 e. The Hall–Kier alpha value is -4.07. The highest BCUT2D eigenvalue weighted by atomic mass is 15.3. The van der Waals surface area contributed by atoms with Gasteiger partial charge in [0.2, 0.25) is 5.95 Å². The number of aromatic nitrogens is 6. The van der Waals surface area contributed by atoms with Crippen molar-refractivity contribution in [3.05, 3.63) is 54.0 Å². The van der Waals surface area contributed by atoms with Crippen LogP contribution in [0.2, 0.25) is 0 Å². The topological polar surface area (TPSA) is 107 Å². The minimum atomic E-state index is -0.0739. The van der Waals surface area contributed by atoms with E-state index in [2.05, 4.69) is 67.2 Å². The molecule has 0 spiro atoms. The van der Waals surface area contributed by atoms with Crippen molar-refractivity contribution in [2.75, 3.05) is 18.1 Å². The van der Waals surface area contributed by atoms with Crippen LogP contribution in [0.25, 0.3) is 44.3 Å². The summed E-state index contributed by atoms with van der Waals surface area (Å²) in [6, 6.07) is 12.4. The van der Waals surface area contributed by atoms with Gasteiger partial charge in [-0.2, -0.15) is 5.10 Å².